The number of hydrogen-bond donors (Lipinski definition) is 2. The minimum absolute atomic E-state index is 0.499. The highest BCUT2D eigenvalue weighted by atomic mass is 16.5. The number of nitrogens with one attached hydrogen (secondary N) is 2. The molecule has 6 nitrogen and oxygen atoms in total. The van der Waals surface area contributed by atoms with Gasteiger partial charge in [0.05, 0.1) is 6.54 Å². The van der Waals surface area contributed by atoms with Gasteiger partial charge in [-0.2, -0.15) is 0 Å². The highest BCUT2D eigenvalue weighted by Gasteiger charge is 2.21. The van der Waals surface area contributed by atoms with E-state index < -0.39 is 0 Å². The van der Waals surface area contributed by atoms with Crippen molar-refractivity contribution in [1.82, 2.24) is 20.4 Å². The summed E-state index contributed by atoms with van der Waals surface area (Å²) in [6.45, 7) is 18.7. The molecule has 1 heterocycles. The van der Waals surface area contributed by atoms with Crippen LogP contribution in [0.5, 0.6) is 5.75 Å². The molecule has 0 atom stereocenters. The molecule has 0 saturated carbocycles. The summed E-state index contributed by atoms with van der Waals surface area (Å²) >= 11 is 0. The van der Waals surface area contributed by atoms with Crippen LogP contribution in [0.3, 0.4) is 0 Å². The first kappa shape index (κ1) is 24.5. The Hall–Kier alpha value is -1.79. The van der Waals surface area contributed by atoms with E-state index in [9.17, 15) is 0 Å². The van der Waals surface area contributed by atoms with Crippen LogP contribution in [0, 0.1) is 0 Å². The van der Waals surface area contributed by atoms with Crippen LogP contribution in [-0.2, 0) is 6.54 Å². The first-order chi connectivity index (χ1) is 14.5. The van der Waals surface area contributed by atoms with Crippen LogP contribution in [-0.4, -0.2) is 73.7 Å². The number of likely N-dealkylation sites (N-methyl/N-ethyl adjacent to an activating group) is 1. The molecule has 1 aliphatic heterocycles. The van der Waals surface area contributed by atoms with E-state index in [0.29, 0.717) is 18.6 Å². The number of piperidine rings is 1. The zero-order valence-electron chi connectivity index (χ0n) is 19.8. The third-order valence-corrected chi connectivity index (χ3v) is 5.86. The van der Waals surface area contributed by atoms with Crippen LogP contribution in [0.15, 0.2) is 29.3 Å². The molecule has 1 aromatic rings. The van der Waals surface area contributed by atoms with Gasteiger partial charge in [0.1, 0.15) is 12.4 Å². The van der Waals surface area contributed by atoms with E-state index in [0.717, 1.165) is 57.6 Å². The normalized spacial score (nSPS) is 16.3. The van der Waals surface area contributed by atoms with E-state index in [1.807, 2.05) is 0 Å². The summed E-state index contributed by atoms with van der Waals surface area (Å²) < 4.78 is 5.88. The Morgan fingerprint density at radius 1 is 1.13 bits per heavy atom. The number of rotatable bonds is 11. The van der Waals surface area contributed by atoms with Gasteiger partial charge in [-0.25, -0.2) is 4.99 Å². The largest absolute Gasteiger partial charge is 0.492 e. The molecule has 0 radical (unpaired) electrons. The van der Waals surface area contributed by atoms with E-state index in [1.165, 1.54) is 18.4 Å². The van der Waals surface area contributed by atoms with Crippen molar-refractivity contribution in [2.45, 2.75) is 66.1 Å². The maximum atomic E-state index is 5.88. The van der Waals surface area contributed by atoms with Gasteiger partial charge in [-0.05, 0) is 64.4 Å². The molecule has 0 unspecified atom stereocenters. The van der Waals surface area contributed by atoms with Crippen molar-refractivity contribution in [2.24, 2.45) is 4.99 Å². The number of guanidine groups is 1. The van der Waals surface area contributed by atoms with Gasteiger partial charge in [-0.3, -0.25) is 0 Å². The van der Waals surface area contributed by atoms with Crippen molar-refractivity contribution < 1.29 is 4.74 Å². The monoisotopic (exact) mass is 417 g/mol. The fourth-order valence-corrected chi connectivity index (χ4v) is 3.77. The zero-order valence-corrected chi connectivity index (χ0v) is 19.8. The van der Waals surface area contributed by atoms with Crippen molar-refractivity contribution in [3.05, 3.63) is 29.8 Å². The summed E-state index contributed by atoms with van der Waals surface area (Å²) in [7, 11) is 0. The molecule has 30 heavy (non-hydrogen) atoms. The average Bonchev–Trinajstić information content (AvgIpc) is 2.76. The van der Waals surface area contributed by atoms with Crippen LogP contribution < -0.4 is 15.4 Å². The predicted molar refractivity (Wildman–Crippen MR) is 127 cm³/mol. The highest BCUT2D eigenvalue weighted by molar-refractivity contribution is 5.80. The molecule has 1 saturated heterocycles. The number of ether oxygens (including phenoxy) is 1. The lowest BCUT2D eigenvalue weighted by Gasteiger charge is -2.35. The maximum Gasteiger partial charge on any atom is 0.191 e. The Balaban J connectivity index is 1.81. The summed E-state index contributed by atoms with van der Waals surface area (Å²) in [5.41, 5.74) is 1.19. The van der Waals surface area contributed by atoms with E-state index in [-0.39, 0.29) is 0 Å². The second-order valence-corrected chi connectivity index (χ2v) is 8.26. The van der Waals surface area contributed by atoms with E-state index >= 15 is 0 Å². The van der Waals surface area contributed by atoms with Crippen molar-refractivity contribution in [3.63, 3.8) is 0 Å². The number of hydrogen-bond acceptors (Lipinski definition) is 4. The lowest BCUT2D eigenvalue weighted by Crippen LogP contribution is -2.49. The van der Waals surface area contributed by atoms with Crippen molar-refractivity contribution in [2.75, 3.05) is 45.9 Å². The first-order valence-corrected chi connectivity index (χ1v) is 11.8. The molecule has 0 aromatic heterocycles. The molecule has 1 aromatic carbocycles. The van der Waals surface area contributed by atoms with Gasteiger partial charge in [-0.15, -0.1) is 0 Å². The van der Waals surface area contributed by atoms with Crippen LogP contribution in [0.4, 0.5) is 0 Å². The highest BCUT2D eigenvalue weighted by Crippen LogP contribution is 2.14. The lowest BCUT2D eigenvalue weighted by molar-refractivity contribution is 0.167. The Bertz CT molecular complexity index is 605. The van der Waals surface area contributed by atoms with E-state index in [2.05, 4.69) is 79.3 Å². The van der Waals surface area contributed by atoms with Crippen LogP contribution >= 0.6 is 0 Å². The van der Waals surface area contributed by atoms with Gasteiger partial charge in [0.15, 0.2) is 5.96 Å². The van der Waals surface area contributed by atoms with Crippen LogP contribution in [0.2, 0.25) is 0 Å². The van der Waals surface area contributed by atoms with Gasteiger partial charge >= 0.3 is 0 Å². The summed E-state index contributed by atoms with van der Waals surface area (Å²) in [6.07, 6.45) is 2.34. The minimum Gasteiger partial charge on any atom is -0.492 e. The summed E-state index contributed by atoms with van der Waals surface area (Å²) in [5.74, 6) is 1.84. The minimum atomic E-state index is 0.499. The average molecular weight is 418 g/mol. The molecule has 6 heteroatoms. The molecule has 1 aliphatic rings. The van der Waals surface area contributed by atoms with Gasteiger partial charge in [-0.1, -0.05) is 26.0 Å². The van der Waals surface area contributed by atoms with Gasteiger partial charge in [0.25, 0.3) is 0 Å². The fraction of sp³-hybridized carbons (Fsp3) is 0.708. The standard InChI is InChI=1S/C24H43N5O/c1-6-25-24(27-22-13-15-29(16-14-22)20(4)5)26-19-21-9-11-23(12-10-21)30-18-17-28(7-2)8-3/h9-12,20,22H,6-8,13-19H2,1-5H3,(H2,25,26,27). The summed E-state index contributed by atoms with van der Waals surface area (Å²) in [5, 5.41) is 7.02. The van der Waals surface area contributed by atoms with E-state index in [4.69, 9.17) is 9.73 Å². The van der Waals surface area contributed by atoms with Gasteiger partial charge < -0.3 is 25.2 Å². The molecule has 1 fully saturated rings. The van der Waals surface area contributed by atoms with Crippen molar-refractivity contribution in [1.29, 1.82) is 0 Å². The first-order valence-electron chi connectivity index (χ1n) is 11.8. The summed E-state index contributed by atoms with van der Waals surface area (Å²) in [6, 6.07) is 9.46. The SMILES string of the molecule is CCNC(=NCc1ccc(OCCN(CC)CC)cc1)NC1CCN(C(C)C)CC1. The van der Waals surface area contributed by atoms with Crippen molar-refractivity contribution >= 4 is 5.96 Å². The molecular weight excluding hydrogens is 374 g/mol. The Morgan fingerprint density at radius 2 is 1.80 bits per heavy atom. The van der Waals surface area contributed by atoms with Gasteiger partial charge in [0, 0.05) is 38.3 Å². The number of benzene rings is 1. The Kier molecular flexibility index (Phi) is 11.0. The molecule has 2 N–H and O–H groups in total. The van der Waals surface area contributed by atoms with Crippen LogP contribution in [0.25, 0.3) is 0 Å². The summed E-state index contributed by atoms with van der Waals surface area (Å²) in [4.78, 5) is 9.72. The third-order valence-electron chi connectivity index (χ3n) is 5.86. The topological polar surface area (TPSA) is 52.1 Å². The Labute approximate surface area is 184 Å². The molecule has 0 spiro atoms. The second-order valence-electron chi connectivity index (χ2n) is 8.26. The molecule has 170 valence electrons. The smallest absolute Gasteiger partial charge is 0.191 e. The number of likely N-dealkylation sites (tertiary alicyclic amines) is 1. The molecule has 2 rings (SSSR count). The fourth-order valence-electron chi connectivity index (χ4n) is 3.77. The second kappa shape index (κ2) is 13.5. The third kappa shape index (κ3) is 8.52. The molecule has 0 bridgehead atoms. The Morgan fingerprint density at radius 3 is 2.37 bits per heavy atom. The van der Waals surface area contributed by atoms with Crippen LogP contribution in [0.1, 0.15) is 53.0 Å². The molecule has 0 aliphatic carbocycles. The zero-order chi connectivity index (χ0) is 21.8. The number of aliphatic imine (C=N–C) groups is 1. The molecular formula is C24H43N5O. The number of nitrogens with zero attached hydrogens (tertiary/aromatic N) is 3. The maximum absolute atomic E-state index is 5.88. The lowest BCUT2D eigenvalue weighted by atomic mass is 10.0. The van der Waals surface area contributed by atoms with Gasteiger partial charge in [0.2, 0.25) is 0 Å². The van der Waals surface area contributed by atoms with Crippen molar-refractivity contribution in [3.8, 4) is 5.75 Å². The van der Waals surface area contributed by atoms with E-state index in [1.54, 1.807) is 0 Å². The molecule has 0 amide bonds. The predicted octanol–water partition coefficient (Wildman–Crippen LogP) is 3.34. The quantitative estimate of drug-likeness (QED) is 0.427.